The molecule has 0 aliphatic rings. The molecule has 3 heteroatoms. The topological polar surface area (TPSA) is 26.3 Å². The maximum absolute atomic E-state index is 11.9. The Hall–Kier alpha value is -1.54. The van der Waals surface area contributed by atoms with Crippen LogP contribution in [-0.2, 0) is 4.74 Å². The van der Waals surface area contributed by atoms with Crippen molar-refractivity contribution in [3.8, 4) is 12.3 Å². The van der Waals surface area contributed by atoms with Crippen molar-refractivity contribution in [1.82, 2.24) is 0 Å². The van der Waals surface area contributed by atoms with Crippen LogP contribution in [0.2, 0.25) is 0 Å². The van der Waals surface area contributed by atoms with Crippen LogP contribution in [0.5, 0.6) is 0 Å². The van der Waals surface area contributed by atoms with Gasteiger partial charge in [-0.05, 0) is 27.9 Å². The fourth-order valence-electron chi connectivity index (χ4n) is 1.34. The summed E-state index contributed by atoms with van der Waals surface area (Å²) in [7, 11) is 0. The highest BCUT2D eigenvalue weighted by molar-refractivity contribution is 14.1. The number of rotatable bonds is 5. The predicted molar refractivity (Wildman–Crippen MR) is 82.4 cm³/mol. The third-order valence-corrected chi connectivity index (χ3v) is 2.51. The fourth-order valence-corrected chi connectivity index (χ4v) is 1.73. The first-order chi connectivity index (χ1) is 8.79. The molecule has 0 fully saturated rings. The zero-order valence-corrected chi connectivity index (χ0v) is 12.0. The maximum atomic E-state index is 11.9. The fraction of sp³-hybridized carbons (Fsp3) is 0.133. The lowest BCUT2D eigenvalue weighted by atomic mass is 10.1. The van der Waals surface area contributed by atoms with Crippen LogP contribution >= 0.6 is 22.6 Å². The number of carbonyl (C=O) groups is 1. The van der Waals surface area contributed by atoms with Gasteiger partial charge in [0.25, 0.3) is 0 Å². The Labute approximate surface area is 121 Å². The largest absolute Gasteiger partial charge is 0.462 e. The summed E-state index contributed by atoms with van der Waals surface area (Å²) >= 11 is 2.11. The molecule has 1 aromatic rings. The van der Waals surface area contributed by atoms with Crippen molar-refractivity contribution in [3.05, 3.63) is 51.6 Å². The molecule has 0 radical (unpaired) electrons. The predicted octanol–water partition coefficient (Wildman–Crippen LogP) is 3.83. The highest BCUT2D eigenvalue weighted by Gasteiger charge is 2.09. The van der Waals surface area contributed by atoms with E-state index in [2.05, 4.69) is 28.5 Å². The van der Waals surface area contributed by atoms with Gasteiger partial charge in [0.2, 0.25) is 0 Å². The summed E-state index contributed by atoms with van der Waals surface area (Å²) in [5.41, 5.74) is 1.43. The first-order valence-corrected chi connectivity index (χ1v) is 6.68. The monoisotopic (exact) mass is 352 g/mol. The number of allylic oxidation sites excluding steroid dienone is 1. The highest BCUT2D eigenvalue weighted by Crippen LogP contribution is 2.13. The minimum absolute atomic E-state index is 0.311. The summed E-state index contributed by atoms with van der Waals surface area (Å²) < 4.78 is 7.03. The molecule has 0 saturated carbocycles. The number of esters is 1. The van der Waals surface area contributed by atoms with Crippen LogP contribution in [0.1, 0.15) is 22.3 Å². The van der Waals surface area contributed by atoms with Gasteiger partial charge < -0.3 is 4.74 Å². The second-order valence-corrected chi connectivity index (χ2v) is 4.09. The molecule has 0 aromatic heterocycles. The number of hydrogen-bond acceptors (Lipinski definition) is 2. The van der Waals surface area contributed by atoms with Crippen molar-refractivity contribution < 1.29 is 9.53 Å². The van der Waals surface area contributed by atoms with Gasteiger partial charge in [-0.2, -0.15) is 0 Å². The molecule has 0 aliphatic heterocycles. The average molecular weight is 352 g/mol. The highest BCUT2D eigenvalue weighted by atomic mass is 127. The molecule has 92 valence electrons. The summed E-state index contributed by atoms with van der Waals surface area (Å²) in [5, 5.41) is 0. The molecule has 0 N–H and O–H groups in total. The molecule has 0 saturated heterocycles. The van der Waals surface area contributed by atoms with Crippen molar-refractivity contribution in [2.75, 3.05) is 6.61 Å². The van der Waals surface area contributed by atoms with Gasteiger partial charge in [0.1, 0.15) is 0 Å². The van der Waals surface area contributed by atoms with Gasteiger partial charge in [-0.1, -0.05) is 52.8 Å². The van der Waals surface area contributed by atoms with Crippen LogP contribution in [-0.4, -0.2) is 12.6 Å². The van der Waals surface area contributed by atoms with Crippen LogP contribution < -0.4 is 0 Å². The van der Waals surface area contributed by atoms with Gasteiger partial charge in [-0.15, -0.1) is 6.42 Å². The Balaban J connectivity index is 2.62. The van der Waals surface area contributed by atoms with Crippen molar-refractivity contribution in [3.63, 3.8) is 0 Å². The zero-order chi connectivity index (χ0) is 13.2. The van der Waals surface area contributed by atoms with Crippen LogP contribution in [0.3, 0.4) is 0 Å². The van der Waals surface area contributed by atoms with E-state index in [0.717, 1.165) is 5.56 Å². The molecule has 0 amide bonds. The average Bonchev–Trinajstić information content (AvgIpc) is 2.39. The summed E-state index contributed by atoms with van der Waals surface area (Å²) in [6, 6.07) is 7.34. The van der Waals surface area contributed by atoms with Crippen molar-refractivity contribution in [2.45, 2.75) is 6.42 Å². The number of halogens is 1. The summed E-state index contributed by atoms with van der Waals surface area (Å²) in [6.45, 7) is 0.333. The molecule has 1 rings (SSSR count). The lowest BCUT2D eigenvalue weighted by Crippen LogP contribution is -2.07. The third kappa shape index (κ3) is 4.76. The number of carbonyl (C=O) groups excluding carboxylic acids is 1. The molecular formula is C15H13IO2. The molecule has 0 atom stereocenters. The van der Waals surface area contributed by atoms with Gasteiger partial charge in [0.05, 0.1) is 12.2 Å². The number of ether oxygens (including phenoxy) is 1. The molecule has 18 heavy (non-hydrogen) atoms. The first kappa shape index (κ1) is 14.5. The lowest BCUT2D eigenvalue weighted by molar-refractivity contribution is 0.0511. The summed E-state index contributed by atoms with van der Waals surface area (Å²) in [4.78, 5) is 11.9. The lowest BCUT2D eigenvalue weighted by Gasteiger charge is -2.05. The Morgan fingerprint density at radius 1 is 1.44 bits per heavy atom. The summed E-state index contributed by atoms with van der Waals surface area (Å²) in [6.07, 6.45) is 11.0. The number of hydrogen-bond donors (Lipinski definition) is 0. The van der Waals surface area contributed by atoms with E-state index in [0.29, 0.717) is 18.6 Å². The van der Waals surface area contributed by atoms with E-state index >= 15 is 0 Å². The van der Waals surface area contributed by atoms with E-state index < -0.39 is 0 Å². The molecular weight excluding hydrogens is 339 g/mol. The van der Waals surface area contributed by atoms with Crippen LogP contribution in [0.25, 0.3) is 6.08 Å². The molecule has 0 aliphatic carbocycles. The van der Waals surface area contributed by atoms with E-state index in [-0.39, 0.29) is 5.97 Å². The zero-order valence-electron chi connectivity index (χ0n) is 9.80. The Kier molecular flexibility index (Phi) is 6.89. The molecule has 0 heterocycles. The van der Waals surface area contributed by atoms with Crippen molar-refractivity contribution in [2.24, 2.45) is 0 Å². The minimum atomic E-state index is -0.311. The van der Waals surface area contributed by atoms with Gasteiger partial charge in [-0.25, -0.2) is 4.79 Å². The maximum Gasteiger partial charge on any atom is 0.338 e. The van der Waals surface area contributed by atoms with Crippen LogP contribution in [0.4, 0.5) is 0 Å². The second kappa shape index (κ2) is 8.54. The first-order valence-electron chi connectivity index (χ1n) is 5.43. The van der Waals surface area contributed by atoms with E-state index in [9.17, 15) is 4.79 Å². The quantitative estimate of drug-likeness (QED) is 0.349. The Bertz CT molecular complexity index is 495. The minimum Gasteiger partial charge on any atom is -0.462 e. The van der Waals surface area contributed by atoms with E-state index in [1.807, 2.05) is 28.4 Å². The smallest absolute Gasteiger partial charge is 0.338 e. The van der Waals surface area contributed by atoms with Gasteiger partial charge >= 0.3 is 5.97 Å². The van der Waals surface area contributed by atoms with Crippen molar-refractivity contribution >= 4 is 34.6 Å². The standard InChI is InChI=1S/C15H13IO2/c1-2-3-4-7-12-18-15(17)14-9-6-5-8-13(14)10-11-16/h1,3-6,8-11H,7,12H2/b4-3-,11-10+. The SMILES string of the molecule is C#C/C=C\CCOC(=O)c1ccccc1/C=C/I. The Morgan fingerprint density at radius 2 is 2.22 bits per heavy atom. The van der Waals surface area contributed by atoms with E-state index in [1.54, 1.807) is 18.2 Å². The molecule has 0 spiro atoms. The van der Waals surface area contributed by atoms with Gasteiger partial charge in [0, 0.05) is 6.42 Å². The molecule has 0 bridgehead atoms. The normalized spacial score (nSPS) is 10.7. The van der Waals surface area contributed by atoms with Crippen molar-refractivity contribution in [1.29, 1.82) is 0 Å². The number of benzene rings is 1. The summed E-state index contributed by atoms with van der Waals surface area (Å²) in [5.74, 6) is 2.07. The molecule has 1 aromatic carbocycles. The third-order valence-electron chi connectivity index (χ3n) is 2.16. The van der Waals surface area contributed by atoms with E-state index in [4.69, 9.17) is 11.2 Å². The second-order valence-electron chi connectivity index (χ2n) is 3.37. The molecule has 0 unspecified atom stereocenters. The molecule has 2 nitrogen and oxygen atoms in total. The van der Waals surface area contributed by atoms with E-state index in [1.165, 1.54) is 0 Å². The van der Waals surface area contributed by atoms with Gasteiger partial charge in [0.15, 0.2) is 0 Å². The van der Waals surface area contributed by atoms with Gasteiger partial charge in [-0.3, -0.25) is 0 Å². The van der Waals surface area contributed by atoms with Crippen LogP contribution in [0.15, 0.2) is 40.5 Å². The van der Waals surface area contributed by atoms with Crippen LogP contribution in [0, 0.1) is 12.3 Å². The Morgan fingerprint density at radius 3 is 2.94 bits per heavy atom. The number of terminal acetylenes is 1.